The standard InChI is InChI=1S/C10H16O3/c1-5-8-13-10(6-2,7-3)9(11)12-4/h1H,6-8H2,2-4H3. The van der Waals surface area contributed by atoms with Gasteiger partial charge in [0.2, 0.25) is 0 Å². The number of hydrogen-bond donors (Lipinski definition) is 0. The minimum absolute atomic E-state index is 0.136. The van der Waals surface area contributed by atoms with Crippen LogP contribution >= 0.6 is 0 Å². The second-order valence-electron chi connectivity index (χ2n) is 2.69. The summed E-state index contributed by atoms with van der Waals surface area (Å²) in [5.41, 5.74) is -0.860. The maximum absolute atomic E-state index is 11.4. The number of ether oxygens (including phenoxy) is 2. The van der Waals surface area contributed by atoms with Gasteiger partial charge in [-0.25, -0.2) is 4.79 Å². The van der Waals surface area contributed by atoms with Crippen LogP contribution in [0.5, 0.6) is 0 Å². The molecule has 0 bridgehead atoms. The maximum Gasteiger partial charge on any atom is 0.338 e. The molecule has 3 heteroatoms. The summed E-state index contributed by atoms with van der Waals surface area (Å²) < 4.78 is 9.98. The smallest absolute Gasteiger partial charge is 0.338 e. The predicted octanol–water partition coefficient (Wildman–Crippen LogP) is 1.37. The summed E-state index contributed by atoms with van der Waals surface area (Å²) in [7, 11) is 1.35. The molecule has 0 aliphatic heterocycles. The van der Waals surface area contributed by atoms with Gasteiger partial charge in [0.05, 0.1) is 7.11 Å². The summed E-state index contributed by atoms with van der Waals surface area (Å²) in [5.74, 6) is 1.99. The van der Waals surface area contributed by atoms with Crippen molar-refractivity contribution in [2.24, 2.45) is 0 Å². The van der Waals surface area contributed by atoms with E-state index in [1.807, 2.05) is 13.8 Å². The van der Waals surface area contributed by atoms with Crippen LogP contribution in [0.15, 0.2) is 0 Å². The van der Waals surface area contributed by atoms with Gasteiger partial charge in [0.15, 0.2) is 5.60 Å². The molecule has 0 aromatic heterocycles. The van der Waals surface area contributed by atoms with E-state index >= 15 is 0 Å². The van der Waals surface area contributed by atoms with Crippen LogP contribution in [0.4, 0.5) is 0 Å². The third-order valence-corrected chi connectivity index (χ3v) is 2.13. The fraction of sp³-hybridized carbons (Fsp3) is 0.700. The van der Waals surface area contributed by atoms with Crippen LogP contribution in [-0.2, 0) is 14.3 Å². The van der Waals surface area contributed by atoms with Crippen molar-refractivity contribution in [2.45, 2.75) is 32.3 Å². The van der Waals surface area contributed by atoms with Crippen LogP contribution in [0.2, 0.25) is 0 Å². The highest BCUT2D eigenvalue weighted by Gasteiger charge is 2.36. The number of esters is 1. The highest BCUT2D eigenvalue weighted by atomic mass is 16.6. The van der Waals surface area contributed by atoms with Crippen molar-refractivity contribution in [3.8, 4) is 12.3 Å². The second kappa shape index (κ2) is 5.60. The van der Waals surface area contributed by atoms with Gasteiger partial charge in [-0.2, -0.15) is 0 Å². The first-order valence-electron chi connectivity index (χ1n) is 4.32. The molecule has 0 rings (SSSR count). The van der Waals surface area contributed by atoms with Gasteiger partial charge in [-0.1, -0.05) is 19.8 Å². The van der Waals surface area contributed by atoms with Gasteiger partial charge in [-0.05, 0) is 12.8 Å². The number of methoxy groups -OCH3 is 1. The molecule has 0 unspecified atom stereocenters. The molecule has 74 valence electrons. The SMILES string of the molecule is C#CCOC(CC)(CC)C(=O)OC. The zero-order valence-corrected chi connectivity index (χ0v) is 8.42. The average molecular weight is 184 g/mol. The molecule has 0 aromatic rings. The predicted molar refractivity (Wildman–Crippen MR) is 50.1 cm³/mol. The molecular formula is C10H16O3. The van der Waals surface area contributed by atoms with E-state index in [1.54, 1.807) is 0 Å². The van der Waals surface area contributed by atoms with Crippen molar-refractivity contribution in [2.75, 3.05) is 13.7 Å². The number of rotatable bonds is 5. The quantitative estimate of drug-likeness (QED) is 0.478. The van der Waals surface area contributed by atoms with Gasteiger partial charge >= 0.3 is 5.97 Å². The van der Waals surface area contributed by atoms with Gasteiger partial charge in [0.1, 0.15) is 6.61 Å². The van der Waals surface area contributed by atoms with Gasteiger partial charge < -0.3 is 9.47 Å². The lowest BCUT2D eigenvalue weighted by Crippen LogP contribution is -2.41. The van der Waals surface area contributed by atoms with Crippen molar-refractivity contribution in [3.63, 3.8) is 0 Å². The van der Waals surface area contributed by atoms with Crippen LogP contribution in [0.3, 0.4) is 0 Å². The van der Waals surface area contributed by atoms with E-state index in [4.69, 9.17) is 11.2 Å². The third kappa shape index (κ3) is 2.74. The first kappa shape index (κ1) is 12.0. The average Bonchev–Trinajstić information content (AvgIpc) is 2.19. The van der Waals surface area contributed by atoms with Gasteiger partial charge in [-0.15, -0.1) is 6.42 Å². The summed E-state index contributed by atoms with van der Waals surface area (Å²) >= 11 is 0. The molecule has 3 nitrogen and oxygen atoms in total. The molecule has 0 atom stereocenters. The molecule has 0 saturated carbocycles. The molecule has 0 radical (unpaired) electrons. The van der Waals surface area contributed by atoms with Crippen LogP contribution in [0.25, 0.3) is 0 Å². The minimum Gasteiger partial charge on any atom is -0.467 e. The van der Waals surface area contributed by atoms with Crippen LogP contribution in [0, 0.1) is 12.3 Å². The van der Waals surface area contributed by atoms with E-state index in [0.717, 1.165) is 0 Å². The Morgan fingerprint density at radius 3 is 2.31 bits per heavy atom. The van der Waals surface area contributed by atoms with Crippen LogP contribution < -0.4 is 0 Å². The summed E-state index contributed by atoms with van der Waals surface area (Å²) in [6.07, 6.45) is 6.19. The molecular weight excluding hydrogens is 168 g/mol. The second-order valence-corrected chi connectivity index (χ2v) is 2.69. The first-order valence-corrected chi connectivity index (χ1v) is 4.32. The summed E-state index contributed by atoms with van der Waals surface area (Å²) in [4.78, 5) is 11.4. The monoisotopic (exact) mass is 184 g/mol. The zero-order chi connectivity index (χ0) is 10.3. The van der Waals surface area contributed by atoms with E-state index in [9.17, 15) is 4.79 Å². The van der Waals surface area contributed by atoms with Crippen molar-refractivity contribution in [1.82, 2.24) is 0 Å². The fourth-order valence-corrected chi connectivity index (χ4v) is 1.17. The summed E-state index contributed by atoms with van der Waals surface area (Å²) in [6.45, 7) is 3.88. The molecule has 0 N–H and O–H groups in total. The lowest BCUT2D eigenvalue weighted by Gasteiger charge is -2.27. The number of terminal acetylenes is 1. The molecule has 0 heterocycles. The van der Waals surface area contributed by atoms with Crippen molar-refractivity contribution < 1.29 is 14.3 Å². The first-order chi connectivity index (χ1) is 6.16. The Balaban J connectivity index is 4.50. The molecule has 0 fully saturated rings. The number of carbonyl (C=O) groups is 1. The number of hydrogen-bond acceptors (Lipinski definition) is 3. The highest BCUT2D eigenvalue weighted by Crippen LogP contribution is 2.21. The topological polar surface area (TPSA) is 35.5 Å². The Morgan fingerprint density at radius 2 is 2.00 bits per heavy atom. The van der Waals surface area contributed by atoms with Crippen molar-refractivity contribution in [1.29, 1.82) is 0 Å². The van der Waals surface area contributed by atoms with E-state index < -0.39 is 5.60 Å². The zero-order valence-electron chi connectivity index (χ0n) is 8.42. The van der Waals surface area contributed by atoms with Crippen LogP contribution in [-0.4, -0.2) is 25.3 Å². The Kier molecular flexibility index (Phi) is 5.17. The Bertz CT molecular complexity index is 199. The van der Waals surface area contributed by atoms with E-state index in [0.29, 0.717) is 12.8 Å². The lowest BCUT2D eigenvalue weighted by atomic mass is 9.97. The van der Waals surface area contributed by atoms with Gasteiger partial charge in [-0.3, -0.25) is 0 Å². The van der Waals surface area contributed by atoms with Crippen molar-refractivity contribution in [3.05, 3.63) is 0 Å². The Hall–Kier alpha value is -1.01. The molecule has 0 aliphatic carbocycles. The summed E-state index contributed by atoms with van der Waals surface area (Å²) in [5, 5.41) is 0. The van der Waals surface area contributed by atoms with E-state index in [1.165, 1.54) is 7.11 Å². The van der Waals surface area contributed by atoms with Crippen LogP contribution in [0.1, 0.15) is 26.7 Å². The molecule has 0 amide bonds. The van der Waals surface area contributed by atoms with E-state index in [2.05, 4.69) is 10.7 Å². The van der Waals surface area contributed by atoms with Crippen molar-refractivity contribution >= 4 is 5.97 Å². The molecule has 13 heavy (non-hydrogen) atoms. The normalized spacial score (nSPS) is 10.6. The Labute approximate surface area is 79.4 Å². The largest absolute Gasteiger partial charge is 0.467 e. The Morgan fingerprint density at radius 1 is 1.46 bits per heavy atom. The lowest BCUT2D eigenvalue weighted by molar-refractivity contribution is -0.169. The molecule has 0 saturated heterocycles. The highest BCUT2D eigenvalue weighted by molar-refractivity contribution is 5.79. The van der Waals surface area contributed by atoms with Gasteiger partial charge in [0.25, 0.3) is 0 Å². The van der Waals surface area contributed by atoms with Gasteiger partial charge in [0, 0.05) is 0 Å². The molecule has 0 spiro atoms. The number of carbonyl (C=O) groups excluding carboxylic acids is 1. The fourth-order valence-electron chi connectivity index (χ4n) is 1.17. The van der Waals surface area contributed by atoms with E-state index in [-0.39, 0.29) is 12.6 Å². The minimum atomic E-state index is -0.860. The molecule has 0 aromatic carbocycles. The summed E-state index contributed by atoms with van der Waals surface area (Å²) in [6, 6.07) is 0. The third-order valence-electron chi connectivity index (χ3n) is 2.13. The maximum atomic E-state index is 11.4. The molecule has 0 aliphatic rings.